The molecule has 6 heteroatoms. The first-order valence-corrected chi connectivity index (χ1v) is 8.40. The predicted molar refractivity (Wildman–Crippen MR) is 84.9 cm³/mol. The molecule has 3 heterocycles. The van der Waals surface area contributed by atoms with Crippen LogP contribution in [-0.2, 0) is 5.75 Å². The number of aryl methyl sites for hydroxylation is 1. The summed E-state index contributed by atoms with van der Waals surface area (Å²) in [6.07, 6.45) is 5.69. The lowest BCUT2D eigenvalue weighted by molar-refractivity contribution is 1.04. The molecular formula is C14H14N4S2. The summed E-state index contributed by atoms with van der Waals surface area (Å²) in [7, 11) is 0. The van der Waals surface area contributed by atoms with Gasteiger partial charge in [-0.15, -0.1) is 11.3 Å². The zero-order valence-electron chi connectivity index (χ0n) is 11.3. The second kappa shape index (κ2) is 5.76. The van der Waals surface area contributed by atoms with Gasteiger partial charge in [-0.3, -0.25) is 10.1 Å². The van der Waals surface area contributed by atoms with Crippen molar-refractivity contribution in [3.05, 3.63) is 42.0 Å². The van der Waals surface area contributed by atoms with Crippen LogP contribution in [0.2, 0.25) is 0 Å². The first kappa shape index (κ1) is 13.3. The molecule has 0 radical (unpaired) electrons. The molecule has 20 heavy (non-hydrogen) atoms. The first-order chi connectivity index (χ1) is 9.78. The second-order valence-corrected chi connectivity index (χ2v) is 6.25. The van der Waals surface area contributed by atoms with E-state index in [0.717, 1.165) is 38.3 Å². The van der Waals surface area contributed by atoms with Gasteiger partial charge in [-0.1, -0.05) is 0 Å². The number of aromatic amines is 1. The minimum Gasteiger partial charge on any atom is -0.281 e. The van der Waals surface area contributed by atoms with Crippen LogP contribution < -0.4 is 0 Å². The van der Waals surface area contributed by atoms with E-state index in [0.29, 0.717) is 0 Å². The number of hydrogen-bond acceptors (Lipinski definition) is 5. The quantitative estimate of drug-likeness (QED) is 0.797. The molecule has 0 amide bonds. The van der Waals surface area contributed by atoms with Crippen molar-refractivity contribution in [1.29, 1.82) is 0 Å². The first-order valence-electron chi connectivity index (χ1n) is 6.19. The van der Waals surface area contributed by atoms with Crippen molar-refractivity contribution in [2.75, 3.05) is 6.26 Å². The highest BCUT2D eigenvalue weighted by atomic mass is 32.2. The molecule has 4 nitrogen and oxygen atoms in total. The maximum absolute atomic E-state index is 4.63. The number of hydrogen-bond donors (Lipinski definition) is 1. The zero-order chi connectivity index (χ0) is 13.9. The summed E-state index contributed by atoms with van der Waals surface area (Å²) in [5.41, 5.74) is 4.17. The average Bonchev–Trinajstić information content (AvgIpc) is 3.07. The summed E-state index contributed by atoms with van der Waals surface area (Å²) < 4.78 is 0. The zero-order valence-corrected chi connectivity index (χ0v) is 12.9. The Morgan fingerprint density at radius 2 is 2.30 bits per heavy atom. The highest BCUT2D eigenvalue weighted by Crippen LogP contribution is 2.34. The third kappa shape index (κ3) is 2.62. The third-order valence-corrected chi connectivity index (χ3v) is 4.70. The fourth-order valence-electron chi connectivity index (χ4n) is 1.95. The monoisotopic (exact) mass is 302 g/mol. The van der Waals surface area contributed by atoms with Crippen LogP contribution in [0.15, 0.2) is 30.6 Å². The molecule has 3 aromatic rings. The average molecular weight is 302 g/mol. The summed E-state index contributed by atoms with van der Waals surface area (Å²) in [5.74, 6) is 0.945. The van der Waals surface area contributed by atoms with Crippen molar-refractivity contribution in [2.45, 2.75) is 12.7 Å². The van der Waals surface area contributed by atoms with Gasteiger partial charge in [0.2, 0.25) is 0 Å². The van der Waals surface area contributed by atoms with Crippen molar-refractivity contribution in [3.63, 3.8) is 0 Å². The molecule has 3 aromatic heterocycles. The summed E-state index contributed by atoms with van der Waals surface area (Å²) in [6.45, 7) is 2.02. The number of nitrogens with zero attached hydrogens (tertiary/aromatic N) is 3. The van der Waals surface area contributed by atoms with E-state index in [2.05, 4.69) is 32.5 Å². The van der Waals surface area contributed by atoms with Gasteiger partial charge >= 0.3 is 0 Å². The smallest absolute Gasteiger partial charge is 0.125 e. The highest BCUT2D eigenvalue weighted by molar-refractivity contribution is 7.97. The largest absolute Gasteiger partial charge is 0.281 e. The molecule has 0 aliphatic carbocycles. The van der Waals surface area contributed by atoms with E-state index >= 15 is 0 Å². The lowest BCUT2D eigenvalue weighted by Gasteiger charge is -1.92. The van der Waals surface area contributed by atoms with E-state index in [4.69, 9.17) is 0 Å². The fourth-order valence-corrected chi connectivity index (χ4v) is 3.43. The molecule has 3 rings (SSSR count). The van der Waals surface area contributed by atoms with Crippen LogP contribution in [0.3, 0.4) is 0 Å². The summed E-state index contributed by atoms with van der Waals surface area (Å²) >= 11 is 3.43. The van der Waals surface area contributed by atoms with E-state index in [-0.39, 0.29) is 0 Å². The molecule has 0 saturated heterocycles. The van der Waals surface area contributed by atoms with E-state index in [9.17, 15) is 0 Å². The number of thiazole rings is 1. The van der Waals surface area contributed by atoms with Crippen molar-refractivity contribution >= 4 is 23.1 Å². The van der Waals surface area contributed by atoms with Crippen LogP contribution in [0.25, 0.3) is 21.1 Å². The van der Waals surface area contributed by atoms with Crippen LogP contribution in [0.5, 0.6) is 0 Å². The Bertz CT molecular complexity index is 703. The molecule has 0 fully saturated rings. The molecule has 0 bridgehead atoms. The normalized spacial score (nSPS) is 10.9. The van der Waals surface area contributed by atoms with Crippen LogP contribution in [-0.4, -0.2) is 26.4 Å². The van der Waals surface area contributed by atoms with E-state index in [1.54, 1.807) is 29.3 Å². The van der Waals surface area contributed by atoms with Crippen molar-refractivity contribution < 1.29 is 0 Å². The fraction of sp³-hybridized carbons (Fsp3) is 0.214. The molecule has 0 spiro atoms. The van der Waals surface area contributed by atoms with Gasteiger partial charge in [0.15, 0.2) is 0 Å². The molecule has 0 unspecified atom stereocenters. The highest BCUT2D eigenvalue weighted by Gasteiger charge is 2.13. The Morgan fingerprint density at radius 3 is 3.05 bits per heavy atom. The minimum absolute atomic E-state index is 0.945. The Morgan fingerprint density at radius 1 is 1.40 bits per heavy atom. The number of H-pyrrole nitrogens is 1. The van der Waals surface area contributed by atoms with Gasteiger partial charge in [-0.25, -0.2) is 4.98 Å². The summed E-state index contributed by atoms with van der Waals surface area (Å²) in [5, 5.41) is 8.45. The van der Waals surface area contributed by atoms with Gasteiger partial charge in [-0.05, 0) is 31.4 Å². The van der Waals surface area contributed by atoms with Crippen LogP contribution in [0.1, 0.15) is 11.4 Å². The van der Waals surface area contributed by atoms with Gasteiger partial charge in [0.05, 0.1) is 10.6 Å². The van der Waals surface area contributed by atoms with Crippen molar-refractivity contribution in [1.82, 2.24) is 20.2 Å². The molecule has 102 valence electrons. The Kier molecular flexibility index (Phi) is 3.84. The van der Waals surface area contributed by atoms with Crippen LogP contribution in [0.4, 0.5) is 0 Å². The lowest BCUT2D eigenvalue weighted by atomic mass is 10.3. The van der Waals surface area contributed by atoms with Crippen LogP contribution in [0, 0.1) is 6.92 Å². The summed E-state index contributed by atoms with van der Waals surface area (Å²) in [6, 6.07) is 6.06. The molecule has 0 aliphatic heterocycles. The Balaban J connectivity index is 1.96. The lowest BCUT2D eigenvalue weighted by Crippen LogP contribution is -1.79. The molecule has 0 atom stereocenters. The topological polar surface area (TPSA) is 54.5 Å². The molecule has 0 aromatic carbocycles. The maximum Gasteiger partial charge on any atom is 0.125 e. The standard InChI is InChI=1S/C14H14N4S2/c1-9-13(12-6-11(8-19-2)17-18-12)20-14(16-9)10-4-3-5-15-7-10/h3-7H,8H2,1-2H3,(H,17,18). The van der Waals surface area contributed by atoms with Crippen LogP contribution >= 0.6 is 23.1 Å². The number of rotatable bonds is 4. The minimum atomic E-state index is 0.945. The maximum atomic E-state index is 4.63. The Hall–Kier alpha value is -1.66. The van der Waals surface area contributed by atoms with Gasteiger partial charge in [-0.2, -0.15) is 16.9 Å². The van der Waals surface area contributed by atoms with E-state index in [1.165, 1.54) is 0 Å². The summed E-state index contributed by atoms with van der Waals surface area (Å²) in [4.78, 5) is 9.89. The number of nitrogens with one attached hydrogen (secondary N) is 1. The third-order valence-electron chi connectivity index (χ3n) is 2.87. The van der Waals surface area contributed by atoms with E-state index in [1.807, 2.05) is 25.3 Å². The SMILES string of the molecule is CSCc1cc(-c2sc(-c3cccnc3)nc2C)n[nH]1. The van der Waals surface area contributed by atoms with Gasteiger partial charge in [0.1, 0.15) is 10.7 Å². The number of aromatic nitrogens is 4. The number of thioether (sulfide) groups is 1. The molecular weight excluding hydrogens is 288 g/mol. The van der Waals surface area contributed by atoms with E-state index < -0.39 is 0 Å². The number of pyridine rings is 1. The van der Waals surface area contributed by atoms with Gasteiger partial charge < -0.3 is 0 Å². The van der Waals surface area contributed by atoms with Gasteiger partial charge in [0.25, 0.3) is 0 Å². The predicted octanol–water partition coefficient (Wildman–Crippen LogP) is 3.77. The van der Waals surface area contributed by atoms with Crippen molar-refractivity contribution in [3.8, 4) is 21.1 Å². The second-order valence-electron chi connectivity index (χ2n) is 4.39. The van der Waals surface area contributed by atoms with Crippen molar-refractivity contribution in [2.24, 2.45) is 0 Å². The Labute approximate surface area is 125 Å². The molecule has 0 aliphatic rings. The van der Waals surface area contributed by atoms with Gasteiger partial charge in [0, 0.05) is 29.4 Å². The molecule has 1 N–H and O–H groups in total. The molecule has 0 saturated carbocycles.